The SMILES string of the molecule is CCC(c1ccc(Cl)cc1)S(=O)(=O)c1cc(Br)ccn1. The molecule has 0 aliphatic carbocycles. The summed E-state index contributed by atoms with van der Waals surface area (Å²) in [5, 5.41) is 0.0387. The number of rotatable bonds is 4. The fourth-order valence-corrected chi connectivity index (χ4v) is 4.36. The summed E-state index contributed by atoms with van der Waals surface area (Å²) in [5.41, 5.74) is 0.721. The van der Waals surface area contributed by atoms with Gasteiger partial charge >= 0.3 is 0 Å². The van der Waals surface area contributed by atoms with Gasteiger partial charge in [-0.15, -0.1) is 0 Å². The fraction of sp³-hybridized carbons (Fsp3) is 0.214. The molecule has 0 fully saturated rings. The van der Waals surface area contributed by atoms with E-state index in [2.05, 4.69) is 20.9 Å². The van der Waals surface area contributed by atoms with Gasteiger partial charge in [0.25, 0.3) is 0 Å². The van der Waals surface area contributed by atoms with Crippen LogP contribution >= 0.6 is 27.5 Å². The summed E-state index contributed by atoms with van der Waals surface area (Å²) >= 11 is 9.11. The normalized spacial score (nSPS) is 13.2. The predicted octanol–water partition coefficient (Wildman–Crippen LogP) is 4.42. The van der Waals surface area contributed by atoms with Crippen LogP contribution in [0, 0.1) is 0 Å². The summed E-state index contributed by atoms with van der Waals surface area (Å²) < 4.78 is 26.1. The van der Waals surface area contributed by atoms with E-state index < -0.39 is 15.1 Å². The lowest BCUT2D eigenvalue weighted by Gasteiger charge is -2.16. The molecule has 106 valence electrons. The van der Waals surface area contributed by atoms with Crippen LogP contribution in [0.1, 0.15) is 24.2 Å². The molecule has 1 aromatic heterocycles. The average Bonchev–Trinajstić information content (AvgIpc) is 2.41. The predicted molar refractivity (Wildman–Crippen MR) is 83.6 cm³/mol. The second-order valence-electron chi connectivity index (χ2n) is 4.31. The third-order valence-electron chi connectivity index (χ3n) is 2.98. The molecular weight excluding hydrogens is 362 g/mol. The van der Waals surface area contributed by atoms with E-state index in [1.54, 1.807) is 30.3 Å². The highest BCUT2D eigenvalue weighted by molar-refractivity contribution is 9.10. The molecule has 0 saturated heterocycles. The van der Waals surface area contributed by atoms with Crippen molar-refractivity contribution in [2.75, 3.05) is 0 Å². The molecule has 2 aromatic rings. The van der Waals surface area contributed by atoms with E-state index in [1.165, 1.54) is 12.3 Å². The number of aromatic nitrogens is 1. The first-order valence-corrected chi connectivity index (χ1v) is 8.77. The van der Waals surface area contributed by atoms with Crippen LogP contribution in [-0.4, -0.2) is 13.4 Å². The molecule has 3 nitrogen and oxygen atoms in total. The van der Waals surface area contributed by atoms with Crippen molar-refractivity contribution in [1.82, 2.24) is 4.98 Å². The molecule has 1 heterocycles. The van der Waals surface area contributed by atoms with Crippen molar-refractivity contribution in [3.8, 4) is 0 Å². The van der Waals surface area contributed by atoms with Gasteiger partial charge < -0.3 is 0 Å². The molecule has 1 aromatic carbocycles. The average molecular weight is 375 g/mol. The van der Waals surface area contributed by atoms with Crippen LogP contribution in [0.25, 0.3) is 0 Å². The van der Waals surface area contributed by atoms with Crippen molar-refractivity contribution in [3.63, 3.8) is 0 Å². The third-order valence-corrected chi connectivity index (χ3v) is 5.88. The number of sulfone groups is 1. The standard InChI is InChI=1S/C14H13BrClNO2S/c1-2-13(10-3-5-12(16)6-4-10)20(18,19)14-9-11(15)7-8-17-14/h3-9,13H,2H2,1H3. The molecule has 0 amide bonds. The Morgan fingerprint density at radius 3 is 2.45 bits per heavy atom. The summed E-state index contributed by atoms with van der Waals surface area (Å²) in [4.78, 5) is 3.98. The maximum absolute atomic E-state index is 12.7. The Bertz CT molecular complexity index is 701. The largest absolute Gasteiger partial charge is 0.245 e. The number of halogens is 2. The number of hydrogen-bond donors (Lipinski definition) is 0. The lowest BCUT2D eigenvalue weighted by Crippen LogP contribution is -2.14. The lowest BCUT2D eigenvalue weighted by molar-refractivity contribution is 0.575. The molecule has 0 aliphatic heterocycles. The van der Waals surface area contributed by atoms with Crippen LogP contribution in [0.3, 0.4) is 0 Å². The van der Waals surface area contributed by atoms with Crippen LogP contribution in [0.5, 0.6) is 0 Å². The van der Waals surface area contributed by atoms with Crippen molar-refractivity contribution in [1.29, 1.82) is 0 Å². The molecule has 20 heavy (non-hydrogen) atoms. The Hall–Kier alpha value is -0.910. The molecule has 1 unspecified atom stereocenters. The van der Waals surface area contributed by atoms with E-state index in [0.29, 0.717) is 15.9 Å². The minimum Gasteiger partial charge on any atom is -0.245 e. The Labute approximate surface area is 132 Å². The van der Waals surface area contributed by atoms with Gasteiger partial charge in [-0.1, -0.05) is 46.6 Å². The Morgan fingerprint density at radius 1 is 1.25 bits per heavy atom. The Kier molecular flexibility index (Phi) is 4.83. The quantitative estimate of drug-likeness (QED) is 0.795. The van der Waals surface area contributed by atoms with Crippen molar-refractivity contribution >= 4 is 37.4 Å². The Balaban J connectivity index is 2.47. The summed E-state index contributed by atoms with van der Waals surface area (Å²) in [6.45, 7) is 1.84. The van der Waals surface area contributed by atoms with Crippen LogP contribution in [0.4, 0.5) is 0 Å². The van der Waals surface area contributed by atoms with E-state index in [9.17, 15) is 8.42 Å². The van der Waals surface area contributed by atoms with Crippen molar-refractivity contribution in [2.24, 2.45) is 0 Å². The Morgan fingerprint density at radius 2 is 1.90 bits per heavy atom. The summed E-state index contributed by atoms with van der Waals surface area (Å²) in [6, 6.07) is 10.1. The van der Waals surface area contributed by atoms with Gasteiger partial charge in [-0.05, 0) is 36.2 Å². The van der Waals surface area contributed by atoms with E-state index in [4.69, 9.17) is 11.6 Å². The van der Waals surface area contributed by atoms with Crippen LogP contribution in [-0.2, 0) is 9.84 Å². The maximum Gasteiger partial charge on any atom is 0.202 e. The molecule has 0 N–H and O–H groups in total. The monoisotopic (exact) mass is 373 g/mol. The molecular formula is C14H13BrClNO2S. The van der Waals surface area contributed by atoms with E-state index in [-0.39, 0.29) is 5.03 Å². The third kappa shape index (κ3) is 3.22. The van der Waals surface area contributed by atoms with Gasteiger partial charge in [0.05, 0.1) is 5.25 Å². The van der Waals surface area contributed by atoms with Crippen LogP contribution < -0.4 is 0 Å². The summed E-state index contributed by atoms with van der Waals surface area (Å²) in [6.07, 6.45) is 1.95. The van der Waals surface area contributed by atoms with Gasteiger partial charge in [-0.2, -0.15) is 0 Å². The van der Waals surface area contributed by atoms with Crippen molar-refractivity contribution < 1.29 is 8.42 Å². The topological polar surface area (TPSA) is 47.0 Å². The summed E-state index contributed by atoms with van der Waals surface area (Å²) in [7, 11) is -3.52. The number of benzene rings is 1. The lowest BCUT2D eigenvalue weighted by atomic mass is 10.1. The first-order valence-electron chi connectivity index (χ1n) is 6.06. The van der Waals surface area contributed by atoms with Gasteiger partial charge in [-0.3, -0.25) is 0 Å². The van der Waals surface area contributed by atoms with Crippen LogP contribution in [0.2, 0.25) is 5.02 Å². The minimum atomic E-state index is -3.52. The zero-order valence-corrected chi connectivity index (χ0v) is 13.9. The fourth-order valence-electron chi connectivity index (χ4n) is 2.00. The number of nitrogens with zero attached hydrogens (tertiary/aromatic N) is 1. The molecule has 0 saturated carbocycles. The highest BCUT2D eigenvalue weighted by Crippen LogP contribution is 2.32. The van der Waals surface area contributed by atoms with Gasteiger partial charge in [-0.25, -0.2) is 13.4 Å². The first kappa shape index (κ1) is 15.5. The van der Waals surface area contributed by atoms with Gasteiger partial charge in [0.15, 0.2) is 5.03 Å². The van der Waals surface area contributed by atoms with E-state index in [1.807, 2.05) is 6.92 Å². The second-order valence-corrected chi connectivity index (χ2v) is 7.74. The van der Waals surface area contributed by atoms with Gasteiger partial charge in [0.2, 0.25) is 9.84 Å². The zero-order chi connectivity index (χ0) is 14.8. The van der Waals surface area contributed by atoms with Crippen molar-refractivity contribution in [3.05, 3.63) is 57.7 Å². The second kappa shape index (κ2) is 6.24. The number of pyridine rings is 1. The van der Waals surface area contributed by atoms with Gasteiger partial charge in [0, 0.05) is 15.7 Å². The van der Waals surface area contributed by atoms with E-state index >= 15 is 0 Å². The molecule has 0 radical (unpaired) electrons. The maximum atomic E-state index is 12.7. The van der Waals surface area contributed by atoms with Crippen LogP contribution in [0.15, 0.2) is 52.1 Å². The molecule has 2 rings (SSSR count). The van der Waals surface area contributed by atoms with Crippen molar-refractivity contribution in [2.45, 2.75) is 23.6 Å². The molecule has 1 atom stereocenters. The highest BCUT2D eigenvalue weighted by atomic mass is 79.9. The molecule has 0 aliphatic rings. The smallest absolute Gasteiger partial charge is 0.202 e. The molecule has 0 spiro atoms. The minimum absolute atomic E-state index is 0.0775. The first-order chi connectivity index (χ1) is 9.45. The van der Waals surface area contributed by atoms with Gasteiger partial charge in [0.1, 0.15) is 0 Å². The number of hydrogen-bond acceptors (Lipinski definition) is 3. The van der Waals surface area contributed by atoms with E-state index in [0.717, 1.165) is 5.56 Å². The summed E-state index contributed by atoms with van der Waals surface area (Å²) in [5.74, 6) is 0. The molecule has 0 bridgehead atoms. The zero-order valence-electron chi connectivity index (χ0n) is 10.8. The highest BCUT2D eigenvalue weighted by Gasteiger charge is 2.28. The molecule has 6 heteroatoms.